The Morgan fingerprint density at radius 3 is 2.42 bits per heavy atom. The van der Waals surface area contributed by atoms with Gasteiger partial charge < -0.3 is 14.4 Å². The molecule has 0 aromatic heterocycles. The maximum Gasteiger partial charge on any atom is 0.134 e. The molecule has 33 heavy (non-hydrogen) atoms. The van der Waals surface area contributed by atoms with Crippen LogP contribution < -0.4 is 14.4 Å². The summed E-state index contributed by atoms with van der Waals surface area (Å²) in [7, 11) is 3.43. The lowest BCUT2D eigenvalue weighted by molar-refractivity contribution is 0.328. The van der Waals surface area contributed by atoms with Crippen molar-refractivity contribution in [3.05, 3.63) is 76.8 Å². The molecular formula is C27H31BrN2O2S. The topological polar surface area (TPSA) is 24.9 Å². The van der Waals surface area contributed by atoms with E-state index < -0.39 is 0 Å². The summed E-state index contributed by atoms with van der Waals surface area (Å²) in [6.45, 7) is 4.06. The molecule has 0 saturated carbocycles. The van der Waals surface area contributed by atoms with Gasteiger partial charge in [0, 0.05) is 24.8 Å². The normalized spacial score (nSPS) is 16.2. The van der Waals surface area contributed by atoms with Gasteiger partial charge in [-0.05, 0) is 76.3 Å². The molecule has 3 aromatic carbocycles. The lowest BCUT2D eigenvalue weighted by atomic mass is 10.1. The first-order chi connectivity index (χ1) is 16.1. The third kappa shape index (κ3) is 5.68. The molecule has 174 valence electrons. The molecular weight excluding hydrogens is 496 g/mol. The van der Waals surface area contributed by atoms with Gasteiger partial charge in [-0.2, -0.15) is 0 Å². The third-order valence-corrected chi connectivity index (χ3v) is 7.80. The molecule has 4 nitrogen and oxygen atoms in total. The van der Waals surface area contributed by atoms with Gasteiger partial charge in [0.1, 0.15) is 11.5 Å². The summed E-state index contributed by atoms with van der Waals surface area (Å²) >= 11 is 5.55. The van der Waals surface area contributed by atoms with E-state index in [0.29, 0.717) is 6.04 Å². The molecule has 0 N–H and O–H groups in total. The number of hydrogen-bond donors (Lipinski definition) is 0. The number of para-hydroxylation sites is 1. The Morgan fingerprint density at radius 2 is 1.76 bits per heavy atom. The number of halogens is 1. The minimum Gasteiger partial charge on any atom is -0.497 e. The fourth-order valence-electron chi connectivity index (χ4n) is 4.17. The summed E-state index contributed by atoms with van der Waals surface area (Å²) in [5, 5.41) is 0. The highest BCUT2D eigenvalue weighted by atomic mass is 79.9. The molecule has 0 spiro atoms. The molecule has 0 radical (unpaired) electrons. The molecule has 6 heteroatoms. The standard InChI is InChI=1S/C27H31BrN2O2S/c1-4-5-9-22-19-29(21-10-7-6-8-11-21)25-16-24(28)26(32-3)17-27(25)33-30(22)18-20-12-14-23(31-2)15-13-20/h6-8,10-17,22H,4-5,9,18-19H2,1-3H3. The third-order valence-electron chi connectivity index (χ3n) is 6.00. The van der Waals surface area contributed by atoms with Gasteiger partial charge in [0.2, 0.25) is 0 Å². The Labute approximate surface area is 210 Å². The van der Waals surface area contributed by atoms with E-state index in [1.165, 1.54) is 34.7 Å². The summed E-state index contributed by atoms with van der Waals surface area (Å²) < 4.78 is 14.5. The largest absolute Gasteiger partial charge is 0.497 e. The molecule has 1 aliphatic heterocycles. The van der Waals surface area contributed by atoms with Crippen molar-refractivity contribution in [3.8, 4) is 11.5 Å². The molecule has 3 aromatic rings. The molecule has 1 atom stereocenters. The van der Waals surface area contributed by atoms with Crippen LogP contribution in [0, 0.1) is 0 Å². The molecule has 1 heterocycles. The number of hydrogen-bond acceptors (Lipinski definition) is 5. The quantitative estimate of drug-likeness (QED) is 0.280. The van der Waals surface area contributed by atoms with Crippen LogP contribution in [0.3, 0.4) is 0 Å². The van der Waals surface area contributed by atoms with E-state index in [9.17, 15) is 0 Å². The second-order valence-corrected chi connectivity index (χ2v) is 10.2. The molecule has 1 unspecified atom stereocenters. The predicted molar refractivity (Wildman–Crippen MR) is 142 cm³/mol. The first kappa shape index (κ1) is 24.0. The summed E-state index contributed by atoms with van der Waals surface area (Å²) in [6.07, 6.45) is 3.54. The number of nitrogens with zero attached hydrogens (tertiary/aromatic N) is 2. The lowest BCUT2D eigenvalue weighted by Gasteiger charge is -2.32. The van der Waals surface area contributed by atoms with E-state index in [2.05, 4.69) is 86.7 Å². The van der Waals surface area contributed by atoms with Gasteiger partial charge in [-0.1, -0.05) is 50.1 Å². The summed E-state index contributed by atoms with van der Waals surface area (Å²) in [5.74, 6) is 1.74. The highest BCUT2D eigenvalue weighted by molar-refractivity contribution is 9.10. The van der Waals surface area contributed by atoms with E-state index >= 15 is 0 Å². The second kappa shape index (κ2) is 11.3. The van der Waals surface area contributed by atoms with E-state index in [-0.39, 0.29) is 0 Å². The van der Waals surface area contributed by atoms with Crippen molar-refractivity contribution < 1.29 is 9.47 Å². The lowest BCUT2D eigenvalue weighted by Crippen LogP contribution is -2.37. The Hall–Kier alpha value is -2.15. The Morgan fingerprint density at radius 1 is 1.00 bits per heavy atom. The molecule has 0 bridgehead atoms. The van der Waals surface area contributed by atoms with Gasteiger partial charge in [-0.25, -0.2) is 4.31 Å². The highest BCUT2D eigenvalue weighted by Crippen LogP contribution is 2.46. The zero-order chi connectivity index (χ0) is 23.2. The number of methoxy groups -OCH3 is 2. The fourth-order valence-corrected chi connectivity index (χ4v) is 5.87. The van der Waals surface area contributed by atoms with Crippen molar-refractivity contribution in [1.29, 1.82) is 0 Å². The zero-order valence-electron chi connectivity index (χ0n) is 19.5. The van der Waals surface area contributed by atoms with E-state index in [1.807, 2.05) is 24.1 Å². The van der Waals surface area contributed by atoms with Gasteiger partial charge >= 0.3 is 0 Å². The molecule has 0 amide bonds. The minimum atomic E-state index is 0.398. The van der Waals surface area contributed by atoms with Gasteiger partial charge in [0.25, 0.3) is 0 Å². The van der Waals surface area contributed by atoms with Gasteiger partial charge in [0.05, 0.1) is 29.3 Å². The number of benzene rings is 3. The van der Waals surface area contributed by atoms with E-state index in [4.69, 9.17) is 9.47 Å². The molecule has 1 aliphatic rings. The number of ether oxygens (including phenoxy) is 2. The Bertz CT molecular complexity index is 1050. The predicted octanol–water partition coefficient (Wildman–Crippen LogP) is 7.69. The van der Waals surface area contributed by atoms with Gasteiger partial charge in [-0.15, -0.1) is 0 Å². The van der Waals surface area contributed by atoms with Crippen molar-refractivity contribution in [3.63, 3.8) is 0 Å². The Kier molecular flexibility index (Phi) is 8.23. The van der Waals surface area contributed by atoms with E-state index in [0.717, 1.165) is 35.5 Å². The van der Waals surface area contributed by atoms with Crippen molar-refractivity contribution in [2.75, 3.05) is 25.7 Å². The van der Waals surface area contributed by atoms with Crippen molar-refractivity contribution in [1.82, 2.24) is 4.31 Å². The summed E-state index contributed by atoms with van der Waals surface area (Å²) in [5.41, 5.74) is 3.70. The SMILES string of the molecule is CCCCC1CN(c2ccccc2)c2cc(Br)c(OC)cc2SN1Cc1ccc(OC)cc1. The Balaban J connectivity index is 1.75. The first-order valence-electron chi connectivity index (χ1n) is 11.4. The van der Waals surface area contributed by atoms with Gasteiger partial charge in [-0.3, -0.25) is 0 Å². The molecule has 0 aliphatic carbocycles. The van der Waals surface area contributed by atoms with Crippen molar-refractivity contribution in [2.24, 2.45) is 0 Å². The minimum absolute atomic E-state index is 0.398. The highest BCUT2D eigenvalue weighted by Gasteiger charge is 2.30. The zero-order valence-corrected chi connectivity index (χ0v) is 21.9. The molecule has 0 saturated heterocycles. The second-order valence-electron chi connectivity index (χ2n) is 8.21. The fraction of sp³-hybridized carbons (Fsp3) is 0.333. The van der Waals surface area contributed by atoms with Crippen LogP contribution in [0.5, 0.6) is 11.5 Å². The van der Waals surface area contributed by atoms with Crippen LogP contribution in [-0.4, -0.2) is 31.1 Å². The maximum atomic E-state index is 5.65. The number of anilines is 2. The number of unbranched alkanes of at least 4 members (excludes halogenated alkanes) is 1. The van der Waals surface area contributed by atoms with Gasteiger partial charge in [0.15, 0.2) is 0 Å². The van der Waals surface area contributed by atoms with Crippen molar-refractivity contribution in [2.45, 2.75) is 43.7 Å². The monoisotopic (exact) mass is 526 g/mol. The van der Waals surface area contributed by atoms with Crippen LogP contribution in [0.25, 0.3) is 0 Å². The number of rotatable bonds is 8. The van der Waals surface area contributed by atoms with Crippen LogP contribution in [0.2, 0.25) is 0 Å². The summed E-state index contributed by atoms with van der Waals surface area (Å²) in [4.78, 5) is 3.66. The first-order valence-corrected chi connectivity index (χ1v) is 13.0. The summed E-state index contributed by atoms with van der Waals surface area (Å²) in [6, 6.07) is 23.9. The van der Waals surface area contributed by atoms with E-state index in [1.54, 1.807) is 14.2 Å². The van der Waals surface area contributed by atoms with Crippen LogP contribution in [0.1, 0.15) is 31.7 Å². The average molecular weight is 528 g/mol. The molecule has 0 fully saturated rings. The van der Waals surface area contributed by atoms with Crippen LogP contribution in [0.4, 0.5) is 11.4 Å². The number of fused-ring (bicyclic) bond motifs is 1. The van der Waals surface area contributed by atoms with Crippen LogP contribution >= 0.6 is 27.9 Å². The average Bonchev–Trinajstić information content (AvgIpc) is 2.99. The van der Waals surface area contributed by atoms with Crippen LogP contribution in [-0.2, 0) is 6.54 Å². The molecule has 4 rings (SSSR count). The smallest absolute Gasteiger partial charge is 0.134 e. The van der Waals surface area contributed by atoms with Crippen LogP contribution in [0.15, 0.2) is 76.1 Å². The van der Waals surface area contributed by atoms with Crippen molar-refractivity contribution >= 4 is 39.3 Å². The maximum absolute atomic E-state index is 5.65.